The summed E-state index contributed by atoms with van der Waals surface area (Å²) in [4.78, 5) is 29.4. The van der Waals surface area contributed by atoms with Crippen LogP contribution in [0.3, 0.4) is 0 Å². The highest BCUT2D eigenvalue weighted by Crippen LogP contribution is 2.51. The second-order valence-corrected chi connectivity index (χ2v) is 15.1. The Labute approximate surface area is 263 Å². The van der Waals surface area contributed by atoms with E-state index < -0.39 is 0 Å². The lowest BCUT2D eigenvalue weighted by molar-refractivity contribution is 0.101. The molecule has 0 saturated heterocycles. The van der Waals surface area contributed by atoms with Crippen molar-refractivity contribution in [3.8, 4) is 5.00 Å². The van der Waals surface area contributed by atoms with Crippen LogP contribution in [-0.2, 0) is 12.8 Å². The number of carbonyl (C=O) groups is 2. The predicted molar refractivity (Wildman–Crippen MR) is 175 cm³/mol. The molecule has 4 heterocycles. The number of anilines is 1. The molecule has 2 aromatic carbocycles. The van der Waals surface area contributed by atoms with Gasteiger partial charge in [0.05, 0.1) is 11.5 Å². The number of hydrogen-bond acceptors (Lipinski definition) is 10. The van der Waals surface area contributed by atoms with E-state index in [1.54, 1.807) is 0 Å². The van der Waals surface area contributed by atoms with E-state index in [0.29, 0.717) is 33.3 Å². The number of thioether (sulfide) groups is 2. The maximum atomic E-state index is 13.0. The van der Waals surface area contributed by atoms with Crippen molar-refractivity contribution in [2.75, 3.05) is 16.4 Å². The molecule has 0 saturated carbocycles. The summed E-state index contributed by atoms with van der Waals surface area (Å²) in [5.41, 5.74) is 7.58. The van der Waals surface area contributed by atoms with Crippen LogP contribution in [0.5, 0.6) is 0 Å². The minimum absolute atomic E-state index is 0.0488. The molecule has 1 aliphatic carbocycles. The van der Waals surface area contributed by atoms with Crippen molar-refractivity contribution < 1.29 is 9.59 Å². The summed E-state index contributed by atoms with van der Waals surface area (Å²) in [7, 11) is 0. The summed E-state index contributed by atoms with van der Waals surface area (Å²) in [6, 6.07) is 18.7. The number of thiophene rings is 1. The monoisotopic (exact) mass is 628 g/mol. The number of aromatic nitrogens is 3. The molecular weight excluding hydrogens is 597 g/mol. The lowest BCUT2D eigenvalue weighted by Crippen LogP contribution is -2.38. The van der Waals surface area contributed by atoms with E-state index >= 15 is 0 Å². The molecule has 0 fully saturated rings. The van der Waals surface area contributed by atoms with Crippen LogP contribution >= 0.6 is 34.9 Å². The topological polar surface area (TPSA) is 92.5 Å². The lowest BCUT2D eigenvalue weighted by Gasteiger charge is -2.35. The van der Waals surface area contributed by atoms with Crippen LogP contribution in [0.4, 0.5) is 5.95 Å². The van der Waals surface area contributed by atoms with Gasteiger partial charge in [0.25, 0.3) is 0 Å². The van der Waals surface area contributed by atoms with Gasteiger partial charge in [-0.25, -0.2) is 4.57 Å². The quantitative estimate of drug-likeness (QED) is 0.177. The van der Waals surface area contributed by atoms with Gasteiger partial charge in [-0.2, -0.15) is 5.10 Å². The minimum Gasteiger partial charge on any atom is -0.293 e. The Morgan fingerprint density at radius 2 is 1.60 bits per heavy atom. The number of fused-ring (bicyclic) bond motifs is 8. The van der Waals surface area contributed by atoms with Gasteiger partial charge in [0.1, 0.15) is 5.00 Å². The summed E-state index contributed by atoms with van der Waals surface area (Å²) in [5, 5.41) is 16.4. The number of ketones is 2. The van der Waals surface area contributed by atoms with E-state index in [0.717, 1.165) is 24.3 Å². The Hall–Kier alpha value is -3.41. The molecule has 2 aliphatic heterocycles. The van der Waals surface area contributed by atoms with Crippen LogP contribution in [0.15, 0.2) is 70.9 Å². The van der Waals surface area contributed by atoms with Gasteiger partial charge in [-0.1, -0.05) is 105 Å². The standard InChI is InChI=1S/C32H32N6O2S3/c1-32(2,3)21-14-15-22-25(16-21)43-28-26(22)27-33-35-30(41-17-23(39)19-10-6-4-7-11-19)37(27)29-34-36-31(38(28)29)42-18-24(40)20-12-8-5-9-13-20/h4-13,21,27,33H,14-18H2,1-3H3/t21-,27?/m1/s1. The second kappa shape index (κ2) is 11.3. The number of nitrogens with one attached hydrogen (secondary N) is 1. The average molecular weight is 629 g/mol. The zero-order valence-corrected chi connectivity index (χ0v) is 26.7. The first-order chi connectivity index (χ1) is 20.8. The molecule has 8 nitrogen and oxygen atoms in total. The molecular formula is C32H32N6O2S3. The third kappa shape index (κ3) is 5.21. The first kappa shape index (κ1) is 28.4. The smallest absolute Gasteiger partial charge is 0.241 e. The number of hydrazone groups is 1. The van der Waals surface area contributed by atoms with Gasteiger partial charge >= 0.3 is 0 Å². The average Bonchev–Trinajstić information content (AvgIpc) is 3.73. The van der Waals surface area contributed by atoms with Crippen molar-refractivity contribution >= 4 is 57.5 Å². The molecule has 1 N–H and O–H groups in total. The maximum Gasteiger partial charge on any atom is 0.241 e. The second-order valence-electron chi connectivity index (χ2n) is 12.1. The number of Topliss-reactive ketones (excluding diaryl/α,β-unsaturated/α-hetero) is 2. The van der Waals surface area contributed by atoms with Gasteiger partial charge in [-0.05, 0) is 36.2 Å². The van der Waals surface area contributed by atoms with Crippen molar-refractivity contribution in [2.24, 2.45) is 16.4 Å². The lowest BCUT2D eigenvalue weighted by atomic mass is 9.72. The van der Waals surface area contributed by atoms with Gasteiger partial charge < -0.3 is 0 Å². The first-order valence-corrected chi connectivity index (χ1v) is 17.2. The third-order valence-corrected chi connectivity index (χ3v) is 11.6. The highest BCUT2D eigenvalue weighted by atomic mass is 32.2. The molecule has 4 aromatic rings. The van der Waals surface area contributed by atoms with Crippen molar-refractivity contribution in [1.29, 1.82) is 0 Å². The number of hydrogen-bond donors (Lipinski definition) is 1. The number of rotatable bonds is 7. The number of carbonyl (C=O) groups excluding carboxylic acids is 2. The molecule has 7 rings (SSSR count). The SMILES string of the molecule is CC(C)(C)[C@@H]1CCc2c(sc3c2C2NN=C(SCC(=O)c4ccccc4)N2c2nnc(SCC(=O)c4ccccc4)n2-3)C1. The highest BCUT2D eigenvalue weighted by molar-refractivity contribution is 8.14. The van der Waals surface area contributed by atoms with Crippen molar-refractivity contribution in [3.05, 3.63) is 87.8 Å². The van der Waals surface area contributed by atoms with Gasteiger partial charge in [-0.15, -0.1) is 21.5 Å². The molecule has 220 valence electrons. The normalized spacial score (nSPS) is 18.7. The van der Waals surface area contributed by atoms with E-state index in [2.05, 4.69) is 45.9 Å². The molecule has 0 spiro atoms. The fraction of sp³-hybridized carbons (Fsp3) is 0.344. The van der Waals surface area contributed by atoms with Crippen molar-refractivity contribution in [3.63, 3.8) is 0 Å². The molecule has 0 bridgehead atoms. The van der Waals surface area contributed by atoms with E-state index in [1.807, 2.05) is 72.0 Å². The predicted octanol–water partition coefficient (Wildman–Crippen LogP) is 6.76. The first-order valence-electron chi connectivity index (χ1n) is 14.4. The van der Waals surface area contributed by atoms with Crippen molar-refractivity contribution in [1.82, 2.24) is 20.2 Å². The largest absolute Gasteiger partial charge is 0.293 e. The van der Waals surface area contributed by atoms with E-state index in [9.17, 15) is 9.59 Å². The van der Waals surface area contributed by atoms with E-state index in [1.165, 1.54) is 39.5 Å². The molecule has 3 aliphatic rings. The molecule has 43 heavy (non-hydrogen) atoms. The fourth-order valence-electron chi connectivity index (χ4n) is 5.98. The van der Waals surface area contributed by atoms with Gasteiger partial charge in [0.2, 0.25) is 5.95 Å². The Kier molecular flexibility index (Phi) is 7.43. The zero-order valence-electron chi connectivity index (χ0n) is 24.2. The van der Waals surface area contributed by atoms with Gasteiger partial charge in [-0.3, -0.25) is 19.9 Å². The number of nitrogens with zero attached hydrogens (tertiary/aromatic N) is 5. The van der Waals surface area contributed by atoms with Crippen LogP contribution < -0.4 is 10.3 Å². The summed E-state index contributed by atoms with van der Waals surface area (Å²) < 4.78 is 2.10. The zero-order chi connectivity index (χ0) is 29.7. The summed E-state index contributed by atoms with van der Waals surface area (Å²) >= 11 is 4.63. The van der Waals surface area contributed by atoms with Crippen LogP contribution in [0.25, 0.3) is 5.00 Å². The Morgan fingerprint density at radius 3 is 2.26 bits per heavy atom. The maximum absolute atomic E-state index is 13.0. The minimum atomic E-state index is -0.212. The Bertz CT molecular complexity index is 1720. The fourth-order valence-corrected chi connectivity index (χ4v) is 9.20. The number of amidine groups is 1. The van der Waals surface area contributed by atoms with Crippen LogP contribution in [0.1, 0.15) is 70.1 Å². The van der Waals surface area contributed by atoms with Gasteiger partial charge in [0.15, 0.2) is 28.1 Å². The van der Waals surface area contributed by atoms with E-state index in [-0.39, 0.29) is 34.7 Å². The molecule has 1 unspecified atom stereocenters. The summed E-state index contributed by atoms with van der Waals surface area (Å²) in [5.74, 6) is 1.88. The third-order valence-electron chi connectivity index (χ3n) is 8.42. The molecule has 11 heteroatoms. The molecule has 0 radical (unpaired) electrons. The molecule has 2 atom stereocenters. The van der Waals surface area contributed by atoms with E-state index in [4.69, 9.17) is 5.10 Å². The molecule has 2 aromatic heterocycles. The van der Waals surface area contributed by atoms with Crippen LogP contribution in [-0.4, -0.2) is 43.0 Å². The van der Waals surface area contributed by atoms with Crippen LogP contribution in [0, 0.1) is 11.3 Å². The van der Waals surface area contributed by atoms with Crippen molar-refractivity contribution in [2.45, 2.75) is 51.4 Å². The summed E-state index contributed by atoms with van der Waals surface area (Å²) in [6.45, 7) is 7.00. The Balaban J connectivity index is 1.22. The Morgan fingerprint density at radius 1 is 0.953 bits per heavy atom. The van der Waals surface area contributed by atoms with Crippen LogP contribution in [0.2, 0.25) is 0 Å². The highest BCUT2D eigenvalue weighted by Gasteiger charge is 2.45. The number of benzene rings is 2. The van der Waals surface area contributed by atoms with Gasteiger partial charge in [0, 0.05) is 21.6 Å². The molecule has 0 amide bonds. The summed E-state index contributed by atoms with van der Waals surface area (Å²) in [6.07, 6.45) is 2.99.